The van der Waals surface area contributed by atoms with E-state index in [1.54, 1.807) is 0 Å². The van der Waals surface area contributed by atoms with Gasteiger partial charge in [0.25, 0.3) is 0 Å². The molecule has 1 unspecified atom stereocenters. The van der Waals surface area contributed by atoms with Gasteiger partial charge in [0.1, 0.15) is 0 Å². The van der Waals surface area contributed by atoms with Crippen molar-refractivity contribution in [3.05, 3.63) is 64.2 Å². The van der Waals surface area contributed by atoms with Gasteiger partial charge >= 0.3 is 0 Å². The highest BCUT2D eigenvalue weighted by molar-refractivity contribution is 7.80. The largest absolute Gasteiger partial charge is 0.356 e. The van der Waals surface area contributed by atoms with Crippen molar-refractivity contribution < 1.29 is 0 Å². The van der Waals surface area contributed by atoms with Crippen LogP contribution in [0.25, 0.3) is 0 Å². The van der Waals surface area contributed by atoms with Gasteiger partial charge in [-0.25, -0.2) is 0 Å². The second-order valence-electron chi connectivity index (χ2n) is 6.30. The summed E-state index contributed by atoms with van der Waals surface area (Å²) in [6.45, 7) is 2.18. The van der Waals surface area contributed by atoms with Crippen LogP contribution in [0.4, 0.5) is 5.69 Å². The van der Waals surface area contributed by atoms with Crippen molar-refractivity contribution >= 4 is 34.6 Å². The first-order chi connectivity index (χ1) is 11.7. The van der Waals surface area contributed by atoms with E-state index in [1.807, 2.05) is 24.3 Å². The molecule has 0 fully saturated rings. The van der Waals surface area contributed by atoms with Gasteiger partial charge in [0, 0.05) is 10.7 Å². The van der Waals surface area contributed by atoms with Crippen molar-refractivity contribution in [2.24, 2.45) is 0 Å². The van der Waals surface area contributed by atoms with Crippen molar-refractivity contribution in [1.82, 2.24) is 5.32 Å². The summed E-state index contributed by atoms with van der Waals surface area (Å²) in [7, 11) is 0. The Labute approximate surface area is 154 Å². The summed E-state index contributed by atoms with van der Waals surface area (Å²) in [5, 5.41) is 8.03. The Bertz CT molecular complexity index is 712. The molecule has 0 spiro atoms. The van der Waals surface area contributed by atoms with E-state index in [-0.39, 0.29) is 6.04 Å². The quantitative estimate of drug-likeness (QED) is 0.690. The van der Waals surface area contributed by atoms with Crippen LogP contribution in [-0.2, 0) is 12.8 Å². The second-order valence-corrected chi connectivity index (χ2v) is 7.15. The lowest BCUT2D eigenvalue weighted by molar-refractivity contribution is 0.623. The molecule has 0 aromatic heterocycles. The van der Waals surface area contributed by atoms with Crippen LogP contribution < -0.4 is 10.6 Å². The third kappa shape index (κ3) is 4.28. The molecule has 1 atom stereocenters. The molecule has 0 saturated heterocycles. The fourth-order valence-corrected chi connectivity index (χ4v) is 3.64. The molecule has 2 nitrogen and oxygen atoms in total. The molecule has 0 amide bonds. The second kappa shape index (κ2) is 8.00. The van der Waals surface area contributed by atoms with E-state index in [9.17, 15) is 0 Å². The Balaban J connectivity index is 1.67. The maximum atomic E-state index is 5.92. The van der Waals surface area contributed by atoms with Crippen LogP contribution in [0.5, 0.6) is 0 Å². The van der Waals surface area contributed by atoms with Crippen molar-refractivity contribution in [2.45, 2.75) is 45.1 Å². The number of halogens is 1. The Morgan fingerprint density at radius 3 is 2.50 bits per heavy atom. The van der Waals surface area contributed by atoms with E-state index in [1.165, 1.54) is 42.4 Å². The van der Waals surface area contributed by atoms with E-state index in [2.05, 4.69) is 35.8 Å². The fourth-order valence-electron chi connectivity index (χ4n) is 3.25. The molecule has 2 aromatic rings. The van der Waals surface area contributed by atoms with Crippen molar-refractivity contribution in [1.29, 1.82) is 0 Å². The number of nitrogens with one attached hydrogen (secondary N) is 2. The number of hydrogen-bond acceptors (Lipinski definition) is 1. The number of aryl methyl sites for hydroxylation is 2. The zero-order valence-corrected chi connectivity index (χ0v) is 15.5. The Morgan fingerprint density at radius 2 is 1.79 bits per heavy atom. The van der Waals surface area contributed by atoms with Crippen LogP contribution in [-0.4, -0.2) is 5.11 Å². The summed E-state index contributed by atoms with van der Waals surface area (Å²) < 4.78 is 0. The maximum Gasteiger partial charge on any atom is 0.171 e. The lowest BCUT2D eigenvalue weighted by Crippen LogP contribution is -2.32. The van der Waals surface area contributed by atoms with Gasteiger partial charge in [0.2, 0.25) is 0 Å². The Morgan fingerprint density at radius 1 is 1.08 bits per heavy atom. The average molecular weight is 359 g/mol. The van der Waals surface area contributed by atoms with Crippen LogP contribution in [0.2, 0.25) is 5.02 Å². The molecule has 0 bridgehead atoms. The number of fused-ring (bicyclic) bond motifs is 1. The summed E-state index contributed by atoms with van der Waals surface area (Å²) in [4.78, 5) is 0. The van der Waals surface area contributed by atoms with Gasteiger partial charge in [-0.15, -0.1) is 0 Å². The minimum atomic E-state index is 0.226. The predicted octanol–water partition coefficient (Wildman–Crippen LogP) is 5.66. The minimum Gasteiger partial charge on any atom is -0.356 e. The molecule has 0 saturated carbocycles. The van der Waals surface area contributed by atoms with Crippen molar-refractivity contribution in [3.63, 3.8) is 0 Å². The molecule has 0 aliphatic heterocycles. The van der Waals surface area contributed by atoms with E-state index >= 15 is 0 Å². The highest BCUT2D eigenvalue weighted by atomic mass is 35.5. The maximum absolute atomic E-state index is 5.92. The zero-order valence-electron chi connectivity index (χ0n) is 13.9. The first kappa shape index (κ1) is 17.2. The highest BCUT2D eigenvalue weighted by Crippen LogP contribution is 2.26. The van der Waals surface area contributed by atoms with Gasteiger partial charge in [-0.1, -0.05) is 36.7 Å². The molecule has 1 aliphatic rings. The third-order valence-corrected chi connectivity index (χ3v) is 5.06. The predicted molar refractivity (Wildman–Crippen MR) is 107 cm³/mol. The smallest absolute Gasteiger partial charge is 0.171 e. The Kier molecular flexibility index (Phi) is 5.75. The molecule has 0 heterocycles. The molecule has 2 aromatic carbocycles. The first-order valence-electron chi connectivity index (χ1n) is 8.60. The van der Waals surface area contributed by atoms with Crippen LogP contribution >= 0.6 is 23.8 Å². The first-order valence-corrected chi connectivity index (χ1v) is 9.39. The van der Waals surface area contributed by atoms with Gasteiger partial charge in [-0.3, -0.25) is 0 Å². The van der Waals surface area contributed by atoms with Gasteiger partial charge in [-0.05, 0) is 85.3 Å². The molecular formula is C20H23ClN2S. The van der Waals surface area contributed by atoms with Crippen LogP contribution in [0.1, 0.15) is 48.9 Å². The Hall–Kier alpha value is -1.58. The summed E-state index contributed by atoms with van der Waals surface area (Å²) in [5.41, 5.74) is 5.29. The third-order valence-electron chi connectivity index (χ3n) is 4.59. The molecule has 126 valence electrons. The normalized spacial score (nSPS) is 14.6. The van der Waals surface area contributed by atoms with Crippen LogP contribution in [0.15, 0.2) is 42.5 Å². The number of hydrogen-bond donors (Lipinski definition) is 2. The van der Waals surface area contributed by atoms with Gasteiger partial charge in [0.15, 0.2) is 5.11 Å². The van der Waals surface area contributed by atoms with Gasteiger partial charge in [0.05, 0.1) is 6.04 Å². The van der Waals surface area contributed by atoms with Gasteiger partial charge in [-0.2, -0.15) is 0 Å². The van der Waals surface area contributed by atoms with E-state index in [0.29, 0.717) is 5.11 Å². The molecule has 24 heavy (non-hydrogen) atoms. The average Bonchev–Trinajstić information content (AvgIpc) is 2.61. The van der Waals surface area contributed by atoms with E-state index in [4.69, 9.17) is 23.8 Å². The molecule has 2 N–H and O–H groups in total. The number of benzene rings is 2. The van der Waals surface area contributed by atoms with E-state index < -0.39 is 0 Å². The van der Waals surface area contributed by atoms with Crippen LogP contribution in [0, 0.1) is 0 Å². The molecule has 4 heteroatoms. The monoisotopic (exact) mass is 358 g/mol. The molecule has 0 radical (unpaired) electrons. The topological polar surface area (TPSA) is 24.1 Å². The summed E-state index contributed by atoms with van der Waals surface area (Å²) in [6, 6.07) is 14.7. The lowest BCUT2D eigenvalue weighted by atomic mass is 9.89. The van der Waals surface area contributed by atoms with Crippen LogP contribution in [0.3, 0.4) is 0 Å². The standard InChI is InChI=1S/C20H23ClN2S/c1-2-19(16-8-7-14-5-3-4-6-15(14)13-16)23-20(24)22-18-11-9-17(21)10-12-18/h7-13,19H,2-6H2,1H3,(H2,22,23,24). The van der Waals surface area contributed by atoms with Crippen molar-refractivity contribution in [2.75, 3.05) is 5.32 Å². The lowest BCUT2D eigenvalue weighted by Gasteiger charge is -2.23. The summed E-state index contributed by atoms with van der Waals surface area (Å²) in [5.74, 6) is 0. The van der Waals surface area contributed by atoms with E-state index in [0.717, 1.165) is 17.1 Å². The minimum absolute atomic E-state index is 0.226. The van der Waals surface area contributed by atoms with Crippen molar-refractivity contribution in [3.8, 4) is 0 Å². The highest BCUT2D eigenvalue weighted by Gasteiger charge is 2.15. The summed E-state index contributed by atoms with van der Waals surface area (Å²) >= 11 is 11.4. The zero-order chi connectivity index (χ0) is 16.9. The number of anilines is 1. The fraction of sp³-hybridized carbons (Fsp3) is 0.350. The molecule has 3 rings (SSSR count). The number of rotatable bonds is 4. The van der Waals surface area contributed by atoms with Gasteiger partial charge < -0.3 is 10.6 Å². The molecular weight excluding hydrogens is 336 g/mol. The SMILES string of the molecule is CCC(NC(=S)Nc1ccc(Cl)cc1)c1ccc2c(c1)CCCC2. The number of thiocarbonyl (C=S) groups is 1. The molecule has 1 aliphatic carbocycles. The summed E-state index contributed by atoms with van der Waals surface area (Å²) in [6.07, 6.45) is 6.03.